The van der Waals surface area contributed by atoms with E-state index in [4.69, 9.17) is 19.4 Å². The SMILES string of the molecule is COc1ccc(CN2[C@H]3CC[C@@H]2c2cnc(N4CCOCC4)nc2C3)cc1CO. The van der Waals surface area contributed by atoms with Crippen molar-refractivity contribution in [1.29, 1.82) is 0 Å². The van der Waals surface area contributed by atoms with E-state index in [0.717, 1.165) is 63.0 Å². The van der Waals surface area contributed by atoms with Crippen LogP contribution in [0.4, 0.5) is 5.95 Å². The van der Waals surface area contributed by atoms with E-state index in [-0.39, 0.29) is 6.61 Å². The minimum absolute atomic E-state index is 0.00907. The Labute approximate surface area is 171 Å². The molecule has 3 aliphatic heterocycles. The van der Waals surface area contributed by atoms with Crippen LogP contribution in [0.5, 0.6) is 5.75 Å². The molecule has 1 N–H and O–H groups in total. The molecule has 0 saturated carbocycles. The van der Waals surface area contributed by atoms with Crippen molar-refractivity contribution in [3.8, 4) is 5.75 Å². The van der Waals surface area contributed by atoms with Crippen molar-refractivity contribution >= 4 is 5.95 Å². The summed E-state index contributed by atoms with van der Waals surface area (Å²) < 4.78 is 10.8. The van der Waals surface area contributed by atoms with Gasteiger partial charge in [0, 0.05) is 55.5 Å². The molecule has 1 aromatic heterocycles. The highest BCUT2D eigenvalue weighted by molar-refractivity contribution is 5.39. The lowest BCUT2D eigenvalue weighted by Crippen LogP contribution is -2.40. The van der Waals surface area contributed by atoms with Crippen molar-refractivity contribution in [2.24, 2.45) is 0 Å². The predicted octanol–water partition coefficient (Wildman–Crippen LogP) is 2.08. The zero-order chi connectivity index (χ0) is 19.8. The summed E-state index contributed by atoms with van der Waals surface area (Å²) in [5.74, 6) is 1.59. The summed E-state index contributed by atoms with van der Waals surface area (Å²) >= 11 is 0. The van der Waals surface area contributed by atoms with Crippen LogP contribution in [0.25, 0.3) is 0 Å². The van der Waals surface area contributed by atoms with Crippen LogP contribution in [-0.4, -0.2) is 59.4 Å². The summed E-state index contributed by atoms with van der Waals surface area (Å²) in [5.41, 5.74) is 4.55. The summed E-state index contributed by atoms with van der Waals surface area (Å²) in [6.45, 7) is 4.08. The van der Waals surface area contributed by atoms with Gasteiger partial charge in [-0.15, -0.1) is 0 Å². The van der Waals surface area contributed by atoms with E-state index in [2.05, 4.69) is 28.1 Å². The number of aliphatic hydroxyl groups excluding tert-OH is 1. The minimum atomic E-state index is -0.00907. The Morgan fingerprint density at radius 1 is 1.24 bits per heavy atom. The highest BCUT2D eigenvalue weighted by Gasteiger charge is 2.41. The molecule has 0 amide bonds. The molecule has 3 aliphatic rings. The van der Waals surface area contributed by atoms with Crippen LogP contribution < -0.4 is 9.64 Å². The number of methoxy groups -OCH3 is 1. The van der Waals surface area contributed by atoms with E-state index in [0.29, 0.717) is 12.1 Å². The number of fused-ring (bicyclic) bond motifs is 4. The van der Waals surface area contributed by atoms with Crippen molar-refractivity contribution < 1.29 is 14.6 Å². The van der Waals surface area contributed by atoms with Crippen LogP contribution in [-0.2, 0) is 24.3 Å². The highest BCUT2D eigenvalue weighted by Crippen LogP contribution is 2.44. The monoisotopic (exact) mass is 396 g/mol. The number of aromatic nitrogens is 2. The number of ether oxygens (including phenoxy) is 2. The summed E-state index contributed by atoms with van der Waals surface area (Å²) in [5, 5.41) is 9.64. The van der Waals surface area contributed by atoms with Gasteiger partial charge in [0.15, 0.2) is 0 Å². The molecule has 154 valence electrons. The lowest BCUT2D eigenvalue weighted by molar-refractivity contribution is 0.122. The average molecular weight is 396 g/mol. The van der Waals surface area contributed by atoms with Gasteiger partial charge >= 0.3 is 0 Å². The third-order valence-electron chi connectivity index (χ3n) is 6.49. The molecule has 7 heteroatoms. The standard InChI is InChI=1S/C22H28N4O3/c1-28-21-5-2-15(10-16(21)14-27)13-26-17-3-4-20(26)18-12-23-22(24-19(18)11-17)25-6-8-29-9-7-25/h2,5,10,12,17,20,27H,3-4,6-9,11,13-14H2,1H3/t17-,20+/m0/s1. The third kappa shape index (κ3) is 3.47. The van der Waals surface area contributed by atoms with Gasteiger partial charge in [-0.2, -0.15) is 0 Å². The van der Waals surface area contributed by atoms with E-state index in [1.54, 1.807) is 7.11 Å². The number of aliphatic hydroxyl groups is 1. The Morgan fingerprint density at radius 3 is 2.90 bits per heavy atom. The highest BCUT2D eigenvalue weighted by atomic mass is 16.5. The molecule has 2 bridgehead atoms. The smallest absolute Gasteiger partial charge is 0.225 e. The molecule has 2 atom stereocenters. The molecule has 2 aromatic rings. The molecule has 0 radical (unpaired) electrons. The van der Waals surface area contributed by atoms with Gasteiger partial charge in [0.25, 0.3) is 0 Å². The Hall–Kier alpha value is -2.22. The largest absolute Gasteiger partial charge is 0.496 e. The van der Waals surface area contributed by atoms with E-state index in [1.165, 1.54) is 23.2 Å². The third-order valence-corrected chi connectivity index (χ3v) is 6.49. The number of benzene rings is 1. The fourth-order valence-corrected chi connectivity index (χ4v) is 4.99. The average Bonchev–Trinajstić information content (AvgIpc) is 3.05. The maximum atomic E-state index is 9.64. The van der Waals surface area contributed by atoms with Crippen molar-refractivity contribution in [2.45, 2.75) is 44.5 Å². The lowest BCUT2D eigenvalue weighted by Gasteiger charge is -2.36. The molecule has 4 heterocycles. The van der Waals surface area contributed by atoms with E-state index >= 15 is 0 Å². The maximum absolute atomic E-state index is 9.64. The van der Waals surface area contributed by atoms with Gasteiger partial charge in [-0.1, -0.05) is 6.07 Å². The number of anilines is 1. The number of rotatable bonds is 5. The number of nitrogens with zero attached hydrogens (tertiary/aromatic N) is 4. The topological polar surface area (TPSA) is 71.0 Å². The first kappa shape index (κ1) is 18.8. The molecule has 29 heavy (non-hydrogen) atoms. The molecule has 5 rings (SSSR count). The number of morpholine rings is 1. The molecule has 7 nitrogen and oxygen atoms in total. The zero-order valence-electron chi connectivity index (χ0n) is 16.9. The quantitative estimate of drug-likeness (QED) is 0.830. The predicted molar refractivity (Wildman–Crippen MR) is 109 cm³/mol. The number of hydrogen-bond donors (Lipinski definition) is 1. The fraction of sp³-hybridized carbons (Fsp3) is 0.545. The first-order valence-electron chi connectivity index (χ1n) is 10.5. The molecule has 0 unspecified atom stereocenters. The fourth-order valence-electron chi connectivity index (χ4n) is 4.99. The molecule has 1 aromatic carbocycles. The van der Waals surface area contributed by atoms with Gasteiger partial charge in [-0.25, -0.2) is 9.97 Å². The van der Waals surface area contributed by atoms with Crippen LogP contribution in [0, 0.1) is 0 Å². The second-order valence-corrected chi connectivity index (χ2v) is 8.10. The lowest BCUT2D eigenvalue weighted by atomic mass is 9.98. The van der Waals surface area contributed by atoms with Gasteiger partial charge in [-0.05, 0) is 30.5 Å². The summed E-state index contributed by atoms with van der Waals surface area (Å²) in [4.78, 5) is 14.5. The van der Waals surface area contributed by atoms with E-state index < -0.39 is 0 Å². The Balaban J connectivity index is 1.37. The Bertz CT molecular complexity index is 884. The first-order chi connectivity index (χ1) is 14.3. The molecule has 2 saturated heterocycles. The van der Waals surface area contributed by atoms with Crippen LogP contribution in [0.2, 0.25) is 0 Å². The molecule has 0 spiro atoms. The van der Waals surface area contributed by atoms with E-state index in [1.807, 2.05) is 6.07 Å². The van der Waals surface area contributed by atoms with Gasteiger partial charge in [-0.3, -0.25) is 4.90 Å². The second-order valence-electron chi connectivity index (χ2n) is 8.10. The van der Waals surface area contributed by atoms with E-state index in [9.17, 15) is 5.11 Å². The minimum Gasteiger partial charge on any atom is -0.496 e. The summed E-state index contributed by atoms with van der Waals surface area (Å²) in [6.07, 6.45) is 5.38. The van der Waals surface area contributed by atoms with Crippen molar-refractivity contribution in [2.75, 3.05) is 38.3 Å². The Kier molecular flexibility index (Phi) is 5.11. The normalized spacial score (nSPS) is 23.9. The van der Waals surface area contributed by atoms with Crippen LogP contribution in [0.1, 0.15) is 41.3 Å². The summed E-state index contributed by atoms with van der Waals surface area (Å²) in [6, 6.07) is 7.01. The molecular formula is C22H28N4O3. The van der Waals surface area contributed by atoms with Crippen LogP contribution in [0.3, 0.4) is 0 Å². The second kappa shape index (κ2) is 7.89. The first-order valence-corrected chi connectivity index (χ1v) is 10.5. The zero-order valence-corrected chi connectivity index (χ0v) is 16.9. The number of hydrogen-bond acceptors (Lipinski definition) is 7. The molecule has 2 fully saturated rings. The Morgan fingerprint density at radius 2 is 2.10 bits per heavy atom. The van der Waals surface area contributed by atoms with Gasteiger partial charge in [0.2, 0.25) is 5.95 Å². The summed E-state index contributed by atoms with van der Waals surface area (Å²) in [7, 11) is 1.64. The van der Waals surface area contributed by atoms with Gasteiger partial charge in [0.1, 0.15) is 5.75 Å². The van der Waals surface area contributed by atoms with Crippen molar-refractivity contribution in [1.82, 2.24) is 14.9 Å². The van der Waals surface area contributed by atoms with Crippen LogP contribution >= 0.6 is 0 Å². The van der Waals surface area contributed by atoms with Crippen molar-refractivity contribution in [3.05, 3.63) is 46.8 Å². The van der Waals surface area contributed by atoms with Crippen LogP contribution in [0.15, 0.2) is 24.4 Å². The van der Waals surface area contributed by atoms with Gasteiger partial charge in [0.05, 0.1) is 32.6 Å². The van der Waals surface area contributed by atoms with Gasteiger partial charge < -0.3 is 19.5 Å². The molecular weight excluding hydrogens is 368 g/mol. The molecule has 0 aliphatic carbocycles. The van der Waals surface area contributed by atoms with Crippen molar-refractivity contribution in [3.63, 3.8) is 0 Å². The maximum Gasteiger partial charge on any atom is 0.225 e.